The summed E-state index contributed by atoms with van der Waals surface area (Å²) in [7, 11) is 0. The molecule has 32 heavy (non-hydrogen) atoms. The normalized spacial score (nSPS) is 15.2. The van der Waals surface area contributed by atoms with Crippen molar-refractivity contribution in [1.29, 1.82) is 0 Å². The van der Waals surface area contributed by atoms with Crippen LogP contribution in [0.25, 0.3) is 0 Å². The van der Waals surface area contributed by atoms with Crippen LogP contribution >= 0.6 is 0 Å². The van der Waals surface area contributed by atoms with E-state index >= 15 is 0 Å². The van der Waals surface area contributed by atoms with Crippen LogP contribution in [-0.4, -0.2) is 43.0 Å². The molecule has 0 spiro atoms. The number of imide groups is 1. The number of nitrogens with zero attached hydrogens (tertiary/aromatic N) is 2. The number of rotatable bonds is 5. The van der Waals surface area contributed by atoms with Crippen molar-refractivity contribution >= 4 is 17.5 Å². The van der Waals surface area contributed by atoms with Crippen molar-refractivity contribution < 1.29 is 14.3 Å². The van der Waals surface area contributed by atoms with Crippen LogP contribution in [0.5, 0.6) is 0 Å². The fourth-order valence-corrected chi connectivity index (χ4v) is 4.28. The summed E-state index contributed by atoms with van der Waals surface area (Å²) in [6.07, 6.45) is 0. The molecule has 1 unspecified atom stereocenters. The number of hydrogen-bond acceptors (Lipinski definition) is 4. The highest BCUT2D eigenvalue weighted by molar-refractivity contribution is 6.23. The first-order valence-corrected chi connectivity index (χ1v) is 10.9. The van der Waals surface area contributed by atoms with Gasteiger partial charge >= 0.3 is 0 Å². The van der Waals surface area contributed by atoms with Gasteiger partial charge in [0.05, 0.1) is 18.9 Å². The number of aryl methyl sites for hydroxylation is 2. The SMILES string of the molecule is Cc1cccc(C)c1N(C(=O)c1ccccc1)C(=O)C(c1ccccc1)N1CCOCC1. The Balaban J connectivity index is 1.84. The number of amides is 2. The molecule has 3 aromatic carbocycles. The minimum absolute atomic E-state index is 0.246. The first-order valence-electron chi connectivity index (χ1n) is 10.9. The van der Waals surface area contributed by atoms with Gasteiger partial charge in [-0.2, -0.15) is 0 Å². The van der Waals surface area contributed by atoms with E-state index < -0.39 is 6.04 Å². The molecule has 1 atom stereocenters. The van der Waals surface area contributed by atoms with Crippen LogP contribution in [0.3, 0.4) is 0 Å². The number of ether oxygens (including phenoxy) is 1. The van der Waals surface area contributed by atoms with Crippen LogP contribution in [0.2, 0.25) is 0 Å². The Kier molecular flexibility index (Phi) is 6.78. The molecular weight excluding hydrogens is 400 g/mol. The summed E-state index contributed by atoms with van der Waals surface area (Å²) in [5, 5.41) is 0. The van der Waals surface area contributed by atoms with Crippen molar-refractivity contribution in [3.05, 3.63) is 101 Å². The smallest absolute Gasteiger partial charge is 0.265 e. The zero-order valence-electron chi connectivity index (χ0n) is 18.5. The number of hydrogen-bond donors (Lipinski definition) is 0. The van der Waals surface area contributed by atoms with Crippen molar-refractivity contribution in [1.82, 2.24) is 4.90 Å². The summed E-state index contributed by atoms with van der Waals surface area (Å²) < 4.78 is 5.53. The van der Waals surface area contributed by atoms with E-state index in [0.717, 1.165) is 16.7 Å². The van der Waals surface area contributed by atoms with Gasteiger partial charge in [0.25, 0.3) is 11.8 Å². The lowest BCUT2D eigenvalue weighted by atomic mass is 10.00. The van der Waals surface area contributed by atoms with E-state index in [0.29, 0.717) is 37.6 Å². The van der Waals surface area contributed by atoms with E-state index in [9.17, 15) is 9.59 Å². The van der Waals surface area contributed by atoms with Gasteiger partial charge in [0.2, 0.25) is 0 Å². The third kappa shape index (κ3) is 4.49. The largest absolute Gasteiger partial charge is 0.379 e. The molecule has 0 radical (unpaired) electrons. The maximum Gasteiger partial charge on any atom is 0.265 e. The van der Waals surface area contributed by atoms with E-state index in [2.05, 4.69) is 4.90 Å². The first-order chi connectivity index (χ1) is 15.6. The van der Waals surface area contributed by atoms with Gasteiger partial charge in [-0.25, -0.2) is 4.90 Å². The van der Waals surface area contributed by atoms with Crippen molar-refractivity contribution in [2.24, 2.45) is 0 Å². The van der Waals surface area contributed by atoms with Gasteiger partial charge in [0, 0.05) is 18.7 Å². The Labute approximate surface area is 189 Å². The topological polar surface area (TPSA) is 49.9 Å². The van der Waals surface area contributed by atoms with Crippen LogP contribution in [0.1, 0.15) is 33.1 Å². The fraction of sp³-hybridized carbons (Fsp3) is 0.259. The highest BCUT2D eigenvalue weighted by Gasteiger charge is 2.37. The molecular formula is C27H28N2O3. The van der Waals surface area contributed by atoms with E-state index in [1.807, 2.05) is 80.6 Å². The molecule has 0 bridgehead atoms. The lowest BCUT2D eigenvalue weighted by Crippen LogP contribution is -2.49. The average molecular weight is 429 g/mol. The maximum atomic E-state index is 14.3. The molecule has 0 aliphatic carbocycles. The number of carbonyl (C=O) groups excluding carboxylic acids is 2. The standard InChI is InChI=1S/C27H28N2O3/c1-20-10-9-11-21(2)24(20)29(26(30)23-14-7-4-8-15-23)27(31)25(22-12-5-3-6-13-22)28-16-18-32-19-17-28/h3-15,25H,16-19H2,1-2H3. The van der Waals surface area contributed by atoms with Gasteiger partial charge in [0.15, 0.2) is 0 Å². The molecule has 2 amide bonds. The molecule has 0 aromatic heterocycles. The van der Waals surface area contributed by atoms with Gasteiger partial charge in [-0.05, 0) is 42.7 Å². The average Bonchev–Trinajstić information content (AvgIpc) is 2.83. The van der Waals surface area contributed by atoms with E-state index in [1.54, 1.807) is 12.1 Å². The van der Waals surface area contributed by atoms with Gasteiger partial charge in [-0.3, -0.25) is 14.5 Å². The van der Waals surface area contributed by atoms with Crippen LogP contribution in [0.4, 0.5) is 5.69 Å². The summed E-state index contributed by atoms with van der Waals surface area (Å²) in [6, 6.07) is 23.9. The van der Waals surface area contributed by atoms with Crippen molar-refractivity contribution in [2.45, 2.75) is 19.9 Å². The molecule has 5 heteroatoms. The Hall–Kier alpha value is -3.28. The monoisotopic (exact) mass is 428 g/mol. The molecule has 1 saturated heterocycles. The molecule has 0 saturated carbocycles. The lowest BCUT2D eigenvalue weighted by Gasteiger charge is -2.37. The zero-order chi connectivity index (χ0) is 22.5. The molecule has 0 N–H and O–H groups in total. The van der Waals surface area contributed by atoms with Crippen LogP contribution < -0.4 is 4.90 Å². The van der Waals surface area contributed by atoms with Crippen LogP contribution in [-0.2, 0) is 9.53 Å². The van der Waals surface area contributed by atoms with Gasteiger partial charge in [-0.1, -0.05) is 66.7 Å². The molecule has 3 aromatic rings. The highest BCUT2D eigenvalue weighted by atomic mass is 16.5. The van der Waals surface area contributed by atoms with E-state index in [-0.39, 0.29) is 11.8 Å². The first kappa shape index (κ1) is 21.9. The number of anilines is 1. The lowest BCUT2D eigenvalue weighted by molar-refractivity contribution is -0.125. The van der Waals surface area contributed by atoms with Crippen LogP contribution in [0.15, 0.2) is 78.9 Å². The summed E-state index contributed by atoms with van der Waals surface area (Å²) in [5.41, 5.74) is 3.78. The van der Waals surface area contributed by atoms with Crippen LogP contribution in [0, 0.1) is 13.8 Å². The second-order valence-corrected chi connectivity index (χ2v) is 8.05. The van der Waals surface area contributed by atoms with Crippen molar-refractivity contribution in [3.8, 4) is 0 Å². The molecule has 1 fully saturated rings. The summed E-state index contributed by atoms with van der Waals surface area (Å²) in [4.78, 5) is 31.6. The molecule has 4 rings (SSSR count). The number of benzene rings is 3. The summed E-state index contributed by atoms with van der Waals surface area (Å²) in [5.74, 6) is -0.563. The maximum absolute atomic E-state index is 14.3. The van der Waals surface area contributed by atoms with E-state index in [1.165, 1.54) is 4.90 Å². The van der Waals surface area contributed by atoms with Gasteiger partial charge in [0.1, 0.15) is 6.04 Å². The molecule has 164 valence electrons. The zero-order valence-corrected chi connectivity index (χ0v) is 18.5. The Morgan fingerprint density at radius 3 is 1.97 bits per heavy atom. The number of para-hydroxylation sites is 1. The fourth-order valence-electron chi connectivity index (χ4n) is 4.28. The van der Waals surface area contributed by atoms with Gasteiger partial charge < -0.3 is 4.74 Å². The van der Waals surface area contributed by atoms with E-state index in [4.69, 9.17) is 4.74 Å². The predicted molar refractivity (Wildman–Crippen MR) is 126 cm³/mol. The second kappa shape index (κ2) is 9.90. The molecule has 1 heterocycles. The minimum Gasteiger partial charge on any atom is -0.379 e. The highest BCUT2D eigenvalue weighted by Crippen LogP contribution is 2.32. The summed E-state index contributed by atoms with van der Waals surface area (Å²) >= 11 is 0. The van der Waals surface area contributed by atoms with Crippen molar-refractivity contribution in [3.63, 3.8) is 0 Å². The quantitative estimate of drug-likeness (QED) is 0.598. The summed E-state index contributed by atoms with van der Waals surface area (Å²) in [6.45, 7) is 6.26. The predicted octanol–water partition coefficient (Wildman–Crippen LogP) is 4.55. The molecule has 5 nitrogen and oxygen atoms in total. The van der Waals surface area contributed by atoms with Gasteiger partial charge in [-0.15, -0.1) is 0 Å². The minimum atomic E-state index is -0.577. The Morgan fingerprint density at radius 2 is 1.38 bits per heavy atom. The van der Waals surface area contributed by atoms with Crippen molar-refractivity contribution in [2.75, 3.05) is 31.2 Å². The second-order valence-electron chi connectivity index (χ2n) is 8.05. The number of morpholine rings is 1. The third-order valence-corrected chi connectivity index (χ3v) is 5.87. The molecule has 1 aliphatic heterocycles. The Morgan fingerprint density at radius 1 is 0.812 bits per heavy atom. The third-order valence-electron chi connectivity index (χ3n) is 5.87. The number of carbonyl (C=O) groups is 2. The Bertz CT molecular complexity index is 1060. The molecule has 1 aliphatic rings.